The molecule has 0 radical (unpaired) electrons. The molecule has 1 amide bonds. The first kappa shape index (κ1) is 12.8. The van der Waals surface area contributed by atoms with Crippen LogP contribution in [0.25, 0.3) is 0 Å². The molecule has 1 rings (SSSR count). The number of alkyl halides is 1. The molecule has 1 heterocycles. The summed E-state index contributed by atoms with van der Waals surface area (Å²) in [6.07, 6.45) is 2.34. The lowest BCUT2D eigenvalue weighted by Gasteiger charge is -2.40. The fourth-order valence-electron chi connectivity index (χ4n) is 2.02. The molecule has 15 heavy (non-hydrogen) atoms. The van der Waals surface area contributed by atoms with Crippen molar-refractivity contribution in [2.24, 2.45) is 11.3 Å². The minimum Gasteiger partial charge on any atom is -0.339 e. The normalized spacial score (nSPS) is 27.9. The Bertz CT molecular complexity index is 240. The number of piperidine rings is 1. The summed E-state index contributed by atoms with van der Waals surface area (Å²) in [5, 5.41) is 0. The van der Waals surface area contributed by atoms with Gasteiger partial charge in [-0.15, -0.1) is 11.6 Å². The van der Waals surface area contributed by atoms with Gasteiger partial charge in [0.2, 0.25) is 5.91 Å². The average molecular weight is 232 g/mol. The van der Waals surface area contributed by atoms with Gasteiger partial charge >= 0.3 is 0 Å². The van der Waals surface area contributed by atoms with Crippen molar-refractivity contribution >= 4 is 17.5 Å². The lowest BCUT2D eigenvalue weighted by atomic mass is 9.89. The van der Waals surface area contributed by atoms with Crippen molar-refractivity contribution in [1.29, 1.82) is 0 Å². The predicted molar refractivity (Wildman–Crippen MR) is 64.1 cm³/mol. The molecule has 0 saturated carbocycles. The first-order chi connectivity index (χ1) is 6.88. The lowest BCUT2D eigenvalue weighted by molar-refractivity contribution is -0.143. The van der Waals surface area contributed by atoms with Gasteiger partial charge in [-0.2, -0.15) is 0 Å². The van der Waals surface area contributed by atoms with Crippen LogP contribution >= 0.6 is 11.6 Å². The van der Waals surface area contributed by atoms with E-state index in [1.165, 1.54) is 6.42 Å². The smallest absolute Gasteiger partial charge is 0.229 e. The summed E-state index contributed by atoms with van der Waals surface area (Å²) in [4.78, 5) is 14.3. The number of hydrogen-bond acceptors (Lipinski definition) is 1. The van der Waals surface area contributed by atoms with Gasteiger partial charge in [-0.05, 0) is 39.5 Å². The van der Waals surface area contributed by atoms with Crippen molar-refractivity contribution in [3.63, 3.8) is 0 Å². The monoisotopic (exact) mass is 231 g/mol. The van der Waals surface area contributed by atoms with Crippen LogP contribution < -0.4 is 0 Å². The standard InChI is InChI=1S/C12H22ClNO/c1-9-5-6-10(2)14(7-9)11(15)12(3,4)8-13/h9-10H,5-8H2,1-4H3. The van der Waals surface area contributed by atoms with Gasteiger partial charge in [-0.25, -0.2) is 0 Å². The van der Waals surface area contributed by atoms with Crippen LogP contribution in [0.15, 0.2) is 0 Å². The number of nitrogens with zero attached hydrogens (tertiary/aromatic N) is 1. The molecule has 2 atom stereocenters. The third-order valence-electron chi connectivity index (χ3n) is 3.29. The zero-order chi connectivity index (χ0) is 11.6. The van der Waals surface area contributed by atoms with E-state index in [0.717, 1.165) is 13.0 Å². The Morgan fingerprint density at radius 3 is 2.53 bits per heavy atom. The molecule has 1 saturated heterocycles. The molecule has 0 aromatic rings. The number of likely N-dealkylation sites (tertiary alicyclic amines) is 1. The first-order valence-corrected chi connectivity index (χ1v) is 6.29. The second-order valence-corrected chi connectivity index (χ2v) is 5.77. The van der Waals surface area contributed by atoms with Crippen molar-refractivity contribution in [2.75, 3.05) is 12.4 Å². The van der Waals surface area contributed by atoms with Gasteiger partial charge in [0.25, 0.3) is 0 Å². The maximum Gasteiger partial charge on any atom is 0.229 e. The molecular formula is C12H22ClNO. The number of rotatable bonds is 2. The van der Waals surface area contributed by atoms with E-state index in [-0.39, 0.29) is 5.91 Å². The van der Waals surface area contributed by atoms with E-state index in [2.05, 4.69) is 13.8 Å². The highest BCUT2D eigenvalue weighted by molar-refractivity contribution is 6.19. The van der Waals surface area contributed by atoms with Gasteiger partial charge in [0, 0.05) is 18.5 Å². The Balaban J connectivity index is 2.73. The molecule has 2 unspecified atom stereocenters. The summed E-state index contributed by atoms with van der Waals surface area (Å²) >= 11 is 5.84. The molecule has 0 aromatic heterocycles. The molecule has 0 spiro atoms. The van der Waals surface area contributed by atoms with Crippen LogP contribution in [0, 0.1) is 11.3 Å². The lowest BCUT2D eigenvalue weighted by Crippen LogP contribution is -2.50. The number of carbonyl (C=O) groups is 1. The molecular weight excluding hydrogens is 210 g/mol. The van der Waals surface area contributed by atoms with E-state index in [1.807, 2.05) is 18.7 Å². The zero-order valence-electron chi connectivity index (χ0n) is 10.2. The average Bonchev–Trinajstić information content (AvgIpc) is 2.20. The highest BCUT2D eigenvalue weighted by Crippen LogP contribution is 2.28. The van der Waals surface area contributed by atoms with Crippen molar-refractivity contribution in [2.45, 2.75) is 46.6 Å². The molecule has 88 valence electrons. The molecule has 1 fully saturated rings. The SMILES string of the molecule is CC1CCC(C)N(C(=O)C(C)(C)CCl)C1. The van der Waals surface area contributed by atoms with Crippen LogP contribution in [0.1, 0.15) is 40.5 Å². The van der Waals surface area contributed by atoms with Gasteiger partial charge in [0.05, 0.1) is 5.41 Å². The second kappa shape index (κ2) is 4.73. The summed E-state index contributed by atoms with van der Waals surface area (Å²) in [5.74, 6) is 1.22. The minimum absolute atomic E-state index is 0.205. The van der Waals surface area contributed by atoms with Gasteiger partial charge in [0.15, 0.2) is 0 Å². The Kier molecular flexibility index (Phi) is 4.05. The van der Waals surface area contributed by atoms with E-state index in [0.29, 0.717) is 17.8 Å². The van der Waals surface area contributed by atoms with Gasteiger partial charge in [0.1, 0.15) is 0 Å². The molecule has 0 N–H and O–H groups in total. The van der Waals surface area contributed by atoms with E-state index < -0.39 is 5.41 Å². The minimum atomic E-state index is -0.424. The van der Waals surface area contributed by atoms with Crippen LogP contribution in [-0.2, 0) is 4.79 Å². The highest BCUT2D eigenvalue weighted by Gasteiger charge is 2.35. The van der Waals surface area contributed by atoms with Crippen LogP contribution in [0.5, 0.6) is 0 Å². The van der Waals surface area contributed by atoms with Crippen LogP contribution in [0.4, 0.5) is 0 Å². The Morgan fingerprint density at radius 1 is 1.40 bits per heavy atom. The topological polar surface area (TPSA) is 20.3 Å². The van der Waals surface area contributed by atoms with Crippen LogP contribution in [0.3, 0.4) is 0 Å². The van der Waals surface area contributed by atoms with E-state index in [4.69, 9.17) is 11.6 Å². The Labute approximate surface area is 98.0 Å². The third-order valence-corrected chi connectivity index (χ3v) is 3.96. The van der Waals surface area contributed by atoms with Crippen LogP contribution in [-0.4, -0.2) is 29.3 Å². The summed E-state index contributed by atoms with van der Waals surface area (Å²) < 4.78 is 0. The second-order valence-electron chi connectivity index (χ2n) is 5.51. The first-order valence-electron chi connectivity index (χ1n) is 5.75. The highest BCUT2D eigenvalue weighted by atomic mass is 35.5. The molecule has 1 aliphatic heterocycles. The van der Waals surface area contributed by atoms with Crippen molar-refractivity contribution in [1.82, 2.24) is 4.90 Å². The Hall–Kier alpha value is -0.240. The molecule has 0 aliphatic carbocycles. The maximum atomic E-state index is 12.2. The molecule has 0 bridgehead atoms. The van der Waals surface area contributed by atoms with E-state index >= 15 is 0 Å². The predicted octanol–water partition coefficient (Wildman–Crippen LogP) is 2.90. The summed E-state index contributed by atoms with van der Waals surface area (Å²) in [7, 11) is 0. The largest absolute Gasteiger partial charge is 0.339 e. The van der Waals surface area contributed by atoms with E-state index in [1.54, 1.807) is 0 Å². The molecule has 2 nitrogen and oxygen atoms in total. The van der Waals surface area contributed by atoms with Gasteiger partial charge in [-0.1, -0.05) is 6.92 Å². The van der Waals surface area contributed by atoms with Crippen molar-refractivity contribution in [3.8, 4) is 0 Å². The number of carbonyl (C=O) groups excluding carboxylic acids is 1. The zero-order valence-corrected chi connectivity index (χ0v) is 11.0. The fraction of sp³-hybridized carbons (Fsp3) is 0.917. The van der Waals surface area contributed by atoms with Crippen molar-refractivity contribution < 1.29 is 4.79 Å². The summed E-state index contributed by atoms with van der Waals surface area (Å²) in [6.45, 7) is 9.08. The quantitative estimate of drug-likeness (QED) is 0.670. The number of hydrogen-bond donors (Lipinski definition) is 0. The molecule has 0 aromatic carbocycles. The van der Waals surface area contributed by atoms with Gasteiger partial charge < -0.3 is 4.90 Å². The van der Waals surface area contributed by atoms with E-state index in [9.17, 15) is 4.79 Å². The van der Waals surface area contributed by atoms with Gasteiger partial charge in [-0.3, -0.25) is 4.79 Å². The number of halogens is 1. The van der Waals surface area contributed by atoms with Crippen molar-refractivity contribution in [3.05, 3.63) is 0 Å². The van der Waals surface area contributed by atoms with Crippen LogP contribution in [0.2, 0.25) is 0 Å². The Morgan fingerprint density at radius 2 is 2.00 bits per heavy atom. The number of amides is 1. The third kappa shape index (κ3) is 2.87. The maximum absolute atomic E-state index is 12.2. The fourth-order valence-corrected chi connectivity index (χ4v) is 2.13. The molecule has 3 heteroatoms. The summed E-state index contributed by atoms with van der Waals surface area (Å²) in [6, 6.07) is 0.371. The summed E-state index contributed by atoms with van der Waals surface area (Å²) in [5.41, 5.74) is -0.424. The molecule has 1 aliphatic rings.